The van der Waals surface area contributed by atoms with Crippen molar-refractivity contribution in [1.29, 1.82) is 0 Å². The molecule has 13 heteroatoms. The van der Waals surface area contributed by atoms with Gasteiger partial charge in [-0.05, 0) is 12.8 Å². The molecule has 0 aromatic heterocycles. The summed E-state index contributed by atoms with van der Waals surface area (Å²) in [7, 11) is 0. The molecule has 0 amide bonds. The molecule has 0 aromatic rings. The first-order chi connectivity index (χ1) is 10.3. The first-order valence-electron chi connectivity index (χ1n) is 6.23. The van der Waals surface area contributed by atoms with Crippen molar-refractivity contribution in [1.82, 2.24) is 0 Å². The lowest BCUT2D eigenvalue weighted by Gasteiger charge is -2.35. The molecule has 0 rings (SSSR count). The number of alkyl halides is 13. The maximum atomic E-state index is 13.4. The SMILES string of the molecule is CCC(CC(CC(F)(C(F)(F)F)C(F)(F)F)C(F)(F)F)C(F)(F)F. The largest absolute Gasteiger partial charge is 0.431 e. The van der Waals surface area contributed by atoms with Gasteiger partial charge in [0.15, 0.2) is 0 Å². The van der Waals surface area contributed by atoms with Crippen LogP contribution in [0.1, 0.15) is 26.2 Å². The Hall–Kier alpha value is -0.910. The van der Waals surface area contributed by atoms with Gasteiger partial charge in [0.25, 0.3) is 5.67 Å². The first kappa shape index (κ1) is 23.1. The molecule has 0 aliphatic rings. The lowest BCUT2D eigenvalue weighted by molar-refractivity contribution is -0.353. The molecule has 0 bridgehead atoms. The van der Waals surface area contributed by atoms with Crippen LogP contribution in [0.5, 0.6) is 0 Å². The van der Waals surface area contributed by atoms with Gasteiger partial charge in [0, 0.05) is 6.42 Å². The summed E-state index contributed by atoms with van der Waals surface area (Å²) in [4.78, 5) is 0. The molecule has 2 atom stereocenters. The van der Waals surface area contributed by atoms with E-state index in [9.17, 15) is 57.1 Å². The summed E-state index contributed by atoms with van der Waals surface area (Å²) >= 11 is 0. The fourth-order valence-corrected chi connectivity index (χ4v) is 1.94. The molecule has 0 heterocycles. The third-order valence-corrected chi connectivity index (χ3v) is 3.41. The fraction of sp³-hybridized carbons (Fsp3) is 1.00. The summed E-state index contributed by atoms with van der Waals surface area (Å²) < 4.78 is 163. The third-order valence-electron chi connectivity index (χ3n) is 3.41. The number of hydrogen-bond donors (Lipinski definition) is 0. The Morgan fingerprint density at radius 1 is 0.583 bits per heavy atom. The van der Waals surface area contributed by atoms with E-state index in [4.69, 9.17) is 0 Å². The van der Waals surface area contributed by atoms with Crippen molar-refractivity contribution in [3.05, 3.63) is 0 Å². The zero-order chi connectivity index (χ0) is 19.8. The van der Waals surface area contributed by atoms with Gasteiger partial charge in [0.1, 0.15) is 0 Å². The van der Waals surface area contributed by atoms with E-state index in [0.717, 1.165) is 6.92 Å². The van der Waals surface area contributed by atoms with E-state index >= 15 is 0 Å². The van der Waals surface area contributed by atoms with Crippen LogP contribution in [0.4, 0.5) is 57.1 Å². The van der Waals surface area contributed by atoms with E-state index in [1.807, 2.05) is 0 Å². The van der Waals surface area contributed by atoms with Crippen LogP contribution in [0.15, 0.2) is 0 Å². The average Bonchev–Trinajstić information content (AvgIpc) is 2.27. The van der Waals surface area contributed by atoms with Crippen molar-refractivity contribution in [2.24, 2.45) is 11.8 Å². The highest BCUT2D eigenvalue weighted by atomic mass is 19.4. The Morgan fingerprint density at radius 2 is 0.917 bits per heavy atom. The van der Waals surface area contributed by atoms with E-state index < -0.39 is 61.5 Å². The summed E-state index contributed by atoms with van der Waals surface area (Å²) in [5, 5.41) is 0. The van der Waals surface area contributed by atoms with Gasteiger partial charge in [-0.1, -0.05) is 6.92 Å². The summed E-state index contributed by atoms with van der Waals surface area (Å²) in [6.07, 6.45) is -31.1. The molecule has 0 fully saturated rings. The predicted molar refractivity (Wildman–Crippen MR) is 54.6 cm³/mol. The summed E-state index contributed by atoms with van der Waals surface area (Å²) in [6.45, 7) is 0.752. The Bertz CT molecular complexity index is 382. The minimum Gasteiger partial charge on any atom is -0.224 e. The highest BCUT2D eigenvalue weighted by Gasteiger charge is 2.74. The Kier molecular flexibility index (Phi) is 6.52. The van der Waals surface area contributed by atoms with Crippen molar-refractivity contribution in [3.63, 3.8) is 0 Å². The predicted octanol–water partition coefficient (Wildman–Crippen LogP) is 6.37. The molecule has 0 saturated heterocycles. The van der Waals surface area contributed by atoms with E-state index in [2.05, 4.69) is 0 Å². The van der Waals surface area contributed by atoms with Crippen LogP contribution in [0, 0.1) is 11.8 Å². The van der Waals surface area contributed by atoms with Crippen LogP contribution in [0.3, 0.4) is 0 Å². The van der Waals surface area contributed by atoms with Gasteiger partial charge in [-0.3, -0.25) is 0 Å². The molecule has 0 spiro atoms. The summed E-state index contributed by atoms with van der Waals surface area (Å²) in [5.74, 6) is -6.60. The van der Waals surface area contributed by atoms with Crippen LogP contribution >= 0.6 is 0 Å². The number of halogens is 13. The zero-order valence-electron chi connectivity index (χ0n) is 11.7. The van der Waals surface area contributed by atoms with Crippen LogP contribution in [0.25, 0.3) is 0 Å². The molecule has 0 radical (unpaired) electrons. The van der Waals surface area contributed by atoms with Crippen molar-refractivity contribution in [2.45, 2.75) is 56.6 Å². The van der Waals surface area contributed by atoms with Crippen molar-refractivity contribution in [3.8, 4) is 0 Å². The summed E-state index contributed by atoms with van der Waals surface area (Å²) in [5.41, 5.74) is -6.27. The van der Waals surface area contributed by atoms with Gasteiger partial charge in [-0.2, -0.15) is 52.7 Å². The molecule has 0 nitrogen and oxygen atoms in total. The van der Waals surface area contributed by atoms with Crippen molar-refractivity contribution in [2.75, 3.05) is 0 Å². The van der Waals surface area contributed by atoms with E-state index in [0.29, 0.717) is 0 Å². The smallest absolute Gasteiger partial charge is 0.224 e. The van der Waals surface area contributed by atoms with E-state index in [-0.39, 0.29) is 0 Å². The third kappa shape index (κ3) is 5.30. The van der Waals surface area contributed by atoms with Crippen LogP contribution in [0.2, 0.25) is 0 Å². The molecule has 0 aliphatic heterocycles. The monoisotopic (exact) mass is 390 g/mol. The first-order valence-corrected chi connectivity index (χ1v) is 6.23. The molecular weight excluding hydrogens is 379 g/mol. The normalized spacial score (nSPS) is 17.8. The number of hydrogen-bond acceptors (Lipinski definition) is 0. The molecular formula is C11H11F13. The van der Waals surface area contributed by atoms with E-state index in [1.54, 1.807) is 0 Å². The van der Waals surface area contributed by atoms with Crippen LogP contribution in [-0.2, 0) is 0 Å². The Labute approximate surface area is 127 Å². The topological polar surface area (TPSA) is 0 Å². The van der Waals surface area contributed by atoms with Crippen molar-refractivity contribution < 1.29 is 57.1 Å². The van der Waals surface area contributed by atoms with Gasteiger partial charge in [0.05, 0.1) is 11.8 Å². The molecule has 0 aliphatic carbocycles. The van der Waals surface area contributed by atoms with Gasteiger partial charge in [-0.25, -0.2) is 4.39 Å². The van der Waals surface area contributed by atoms with Gasteiger partial charge in [0.2, 0.25) is 0 Å². The second kappa shape index (κ2) is 6.77. The second-order valence-electron chi connectivity index (χ2n) is 5.12. The van der Waals surface area contributed by atoms with E-state index in [1.165, 1.54) is 0 Å². The quantitative estimate of drug-likeness (QED) is 0.479. The molecule has 2 unspecified atom stereocenters. The lowest BCUT2D eigenvalue weighted by Crippen LogP contribution is -2.55. The molecule has 0 saturated carbocycles. The molecule has 0 aromatic carbocycles. The average molecular weight is 390 g/mol. The van der Waals surface area contributed by atoms with Crippen LogP contribution < -0.4 is 0 Å². The highest BCUT2D eigenvalue weighted by molar-refractivity contribution is 4.97. The number of rotatable bonds is 5. The second-order valence-corrected chi connectivity index (χ2v) is 5.12. The Balaban J connectivity index is 5.80. The lowest BCUT2D eigenvalue weighted by atomic mass is 9.83. The molecule has 24 heavy (non-hydrogen) atoms. The maximum Gasteiger partial charge on any atom is 0.431 e. The minimum atomic E-state index is -6.77. The fourth-order valence-electron chi connectivity index (χ4n) is 1.94. The highest BCUT2D eigenvalue weighted by Crippen LogP contribution is 2.53. The van der Waals surface area contributed by atoms with Gasteiger partial charge >= 0.3 is 24.7 Å². The summed E-state index contributed by atoms with van der Waals surface area (Å²) in [6, 6.07) is 0. The zero-order valence-corrected chi connectivity index (χ0v) is 11.7. The molecule has 0 N–H and O–H groups in total. The standard InChI is InChI=1S/C11H11F13/c1-2-5(8(13,14)15)3-6(9(16,17)18)4-7(12,10(19,20)21)11(22,23)24/h5-6H,2-4H2,1H3. The van der Waals surface area contributed by atoms with Crippen molar-refractivity contribution >= 4 is 0 Å². The van der Waals surface area contributed by atoms with Crippen LogP contribution in [-0.4, -0.2) is 30.4 Å². The maximum absolute atomic E-state index is 13.4. The molecule has 146 valence electrons. The minimum absolute atomic E-state index is 0.752. The Morgan fingerprint density at radius 3 is 1.12 bits per heavy atom. The van der Waals surface area contributed by atoms with Gasteiger partial charge in [-0.15, -0.1) is 0 Å². The van der Waals surface area contributed by atoms with Gasteiger partial charge < -0.3 is 0 Å².